The van der Waals surface area contributed by atoms with Gasteiger partial charge in [0, 0.05) is 38.9 Å². The molecule has 8 nitrogen and oxygen atoms in total. The first-order chi connectivity index (χ1) is 14.2. The van der Waals surface area contributed by atoms with Gasteiger partial charge < -0.3 is 19.5 Å². The van der Waals surface area contributed by atoms with Crippen LogP contribution in [-0.2, 0) is 6.54 Å². The molecule has 1 fully saturated rings. The van der Waals surface area contributed by atoms with Crippen molar-refractivity contribution in [1.82, 2.24) is 19.8 Å². The number of benzene rings is 1. The van der Waals surface area contributed by atoms with Crippen molar-refractivity contribution in [2.24, 2.45) is 0 Å². The first-order valence-electron chi connectivity index (χ1n) is 9.43. The zero-order valence-electron chi connectivity index (χ0n) is 15.8. The van der Waals surface area contributed by atoms with Crippen LogP contribution in [-0.4, -0.2) is 57.8 Å². The minimum Gasteiger partial charge on any atom is -0.459 e. The first-order valence-corrected chi connectivity index (χ1v) is 9.43. The van der Waals surface area contributed by atoms with Crippen LogP contribution in [0.3, 0.4) is 0 Å². The molecule has 148 valence electrons. The molecule has 0 bridgehead atoms. The number of carbonyl (C=O) groups is 2. The van der Waals surface area contributed by atoms with Gasteiger partial charge in [-0.15, -0.1) is 0 Å². The molecule has 1 saturated heterocycles. The van der Waals surface area contributed by atoms with Crippen molar-refractivity contribution < 1.29 is 14.0 Å². The van der Waals surface area contributed by atoms with Crippen LogP contribution in [0.15, 0.2) is 65.4 Å². The Morgan fingerprint density at radius 1 is 0.931 bits per heavy atom. The lowest BCUT2D eigenvalue weighted by atomic mass is 10.2. The number of furan rings is 1. The third-order valence-corrected chi connectivity index (χ3v) is 4.75. The lowest BCUT2D eigenvalue weighted by molar-refractivity contribution is 0.0515. The van der Waals surface area contributed by atoms with E-state index in [4.69, 9.17) is 4.42 Å². The van der Waals surface area contributed by atoms with Crippen LogP contribution in [0.2, 0.25) is 0 Å². The van der Waals surface area contributed by atoms with Gasteiger partial charge in [-0.05, 0) is 23.8 Å². The van der Waals surface area contributed by atoms with Gasteiger partial charge in [0.2, 0.25) is 5.95 Å². The Balaban J connectivity index is 1.34. The number of carbonyl (C=O) groups excluding carboxylic acids is 2. The van der Waals surface area contributed by atoms with E-state index in [1.165, 1.54) is 6.26 Å². The van der Waals surface area contributed by atoms with Crippen molar-refractivity contribution in [3.05, 3.63) is 78.0 Å². The molecule has 3 heterocycles. The van der Waals surface area contributed by atoms with Gasteiger partial charge in [0.1, 0.15) is 5.69 Å². The minimum atomic E-state index is -0.166. The maximum Gasteiger partial charge on any atom is 0.289 e. The summed E-state index contributed by atoms with van der Waals surface area (Å²) < 4.78 is 5.16. The van der Waals surface area contributed by atoms with Crippen LogP contribution in [0.5, 0.6) is 0 Å². The second-order valence-corrected chi connectivity index (χ2v) is 6.67. The molecule has 1 N–H and O–H groups in total. The monoisotopic (exact) mass is 391 g/mol. The summed E-state index contributed by atoms with van der Waals surface area (Å²) in [4.78, 5) is 37.1. The van der Waals surface area contributed by atoms with E-state index in [1.54, 1.807) is 34.2 Å². The highest BCUT2D eigenvalue weighted by molar-refractivity contribution is 5.93. The Kier molecular flexibility index (Phi) is 5.51. The summed E-state index contributed by atoms with van der Waals surface area (Å²) in [6.07, 6.45) is 3.05. The fourth-order valence-electron chi connectivity index (χ4n) is 3.17. The van der Waals surface area contributed by atoms with E-state index in [9.17, 15) is 9.59 Å². The first kappa shape index (κ1) is 18.7. The quantitative estimate of drug-likeness (QED) is 0.717. The molecule has 2 amide bonds. The highest BCUT2D eigenvalue weighted by atomic mass is 16.3. The number of aromatic nitrogens is 2. The van der Waals surface area contributed by atoms with Gasteiger partial charge in [-0.3, -0.25) is 9.59 Å². The maximum atomic E-state index is 12.8. The Labute approximate surface area is 168 Å². The van der Waals surface area contributed by atoms with Gasteiger partial charge in [0.25, 0.3) is 11.8 Å². The topological polar surface area (TPSA) is 91.6 Å². The molecule has 0 unspecified atom stereocenters. The average molecular weight is 391 g/mol. The van der Waals surface area contributed by atoms with E-state index < -0.39 is 0 Å². The van der Waals surface area contributed by atoms with Gasteiger partial charge in [-0.25, -0.2) is 9.97 Å². The van der Waals surface area contributed by atoms with Gasteiger partial charge in [-0.1, -0.05) is 30.3 Å². The molecular weight excluding hydrogens is 370 g/mol. The van der Waals surface area contributed by atoms with Crippen LogP contribution >= 0.6 is 0 Å². The van der Waals surface area contributed by atoms with Gasteiger partial charge in [0.15, 0.2) is 5.76 Å². The summed E-state index contributed by atoms with van der Waals surface area (Å²) in [6.45, 7) is 2.38. The van der Waals surface area contributed by atoms with Crippen LogP contribution in [0.1, 0.15) is 26.6 Å². The number of nitrogens with zero attached hydrogens (tertiary/aromatic N) is 4. The van der Waals surface area contributed by atoms with Gasteiger partial charge in [-0.2, -0.15) is 0 Å². The summed E-state index contributed by atoms with van der Waals surface area (Å²) in [5.74, 6) is 0.401. The van der Waals surface area contributed by atoms with E-state index in [0.29, 0.717) is 50.1 Å². The predicted octanol–water partition coefficient (Wildman–Crippen LogP) is 2.28. The SMILES string of the molecule is O=C(c1ccnc(NCc2ccccc2)n1)N1CCN(C(=O)c2ccco2)CC1. The zero-order chi connectivity index (χ0) is 20.1. The third-order valence-electron chi connectivity index (χ3n) is 4.75. The second kappa shape index (κ2) is 8.55. The summed E-state index contributed by atoms with van der Waals surface area (Å²) in [5.41, 5.74) is 1.44. The predicted molar refractivity (Wildman–Crippen MR) is 106 cm³/mol. The molecule has 1 aromatic carbocycles. The molecule has 1 aliphatic rings. The summed E-state index contributed by atoms with van der Waals surface area (Å²) in [5, 5.41) is 3.14. The summed E-state index contributed by atoms with van der Waals surface area (Å²) in [6, 6.07) is 14.8. The van der Waals surface area contributed by atoms with Crippen molar-refractivity contribution in [2.45, 2.75) is 6.54 Å². The molecule has 8 heteroatoms. The zero-order valence-corrected chi connectivity index (χ0v) is 15.8. The highest BCUT2D eigenvalue weighted by Crippen LogP contribution is 2.12. The highest BCUT2D eigenvalue weighted by Gasteiger charge is 2.27. The molecule has 0 aliphatic carbocycles. The van der Waals surface area contributed by atoms with Crippen molar-refractivity contribution in [3.63, 3.8) is 0 Å². The largest absolute Gasteiger partial charge is 0.459 e. The molecule has 4 rings (SSSR count). The van der Waals surface area contributed by atoms with Crippen LogP contribution in [0.4, 0.5) is 5.95 Å². The standard InChI is InChI=1S/C21H21N5O3/c27-19(25-10-12-26(13-11-25)20(28)18-7-4-14-29-18)17-8-9-22-21(24-17)23-15-16-5-2-1-3-6-16/h1-9,14H,10-13,15H2,(H,22,23,24). The molecule has 1 aliphatic heterocycles. The smallest absolute Gasteiger partial charge is 0.289 e. The van der Waals surface area contributed by atoms with E-state index in [-0.39, 0.29) is 11.8 Å². The van der Waals surface area contributed by atoms with Gasteiger partial charge in [0.05, 0.1) is 6.26 Å². The normalized spacial score (nSPS) is 13.9. The molecule has 0 atom stereocenters. The maximum absolute atomic E-state index is 12.8. The molecule has 3 aromatic rings. The van der Waals surface area contributed by atoms with Crippen LogP contribution in [0, 0.1) is 0 Å². The number of hydrogen-bond donors (Lipinski definition) is 1. The summed E-state index contributed by atoms with van der Waals surface area (Å²) in [7, 11) is 0. The number of nitrogens with one attached hydrogen (secondary N) is 1. The number of hydrogen-bond acceptors (Lipinski definition) is 6. The van der Waals surface area contributed by atoms with E-state index in [0.717, 1.165) is 5.56 Å². The van der Waals surface area contributed by atoms with Crippen LogP contribution < -0.4 is 5.32 Å². The number of rotatable bonds is 5. The Morgan fingerprint density at radius 3 is 2.34 bits per heavy atom. The third kappa shape index (κ3) is 4.43. The number of amides is 2. The summed E-state index contributed by atoms with van der Waals surface area (Å²) >= 11 is 0. The van der Waals surface area contributed by atoms with Crippen molar-refractivity contribution >= 4 is 17.8 Å². The lowest BCUT2D eigenvalue weighted by Gasteiger charge is -2.34. The molecule has 29 heavy (non-hydrogen) atoms. The van der Waals surface area contributed by atoms with E-state index >= 15 is 0 Å². The lowest BCUT2D eigenvalue weighted by Crippen LogP contribution is -2.50. The number of anilines is 1. The molecule has 0 saturated carbocycles. The van der Waals surface area contributed by atoms with E-state index in [2.05, 4.69) is 15.3 Å². The van der Waals surface area contributed by atoms with Crippen LogP contribution in [0.25, 0.3) is 0 Å². The Bertz CT molecular complexity index is 967. The Hall–Kier alpha value is -3.68. The molecule has 0 spiro atoms. The van der Waals surface area contributed by atoms with Crippen molar-refractivity contribution in [2.75, 3.05) is 31.5 Å². The Morgan fingerprint density at radius 2 is 1.66 bits per heavy atom. The minimum absolute atomic E-state index is 0.156. The molecule has 2 aromatic heterocycles. The second-order valence-electron chi connectivity index (χ2n) is 6.67. The molecular formula is C21H21N5O3. The van der Waals surface area contributed by atoms with Crippen molar-refractivity contribution in [1.29, 1.82) is 0 Å². The fraction of sp³-hybridized carbons (Fsp3) is 0.238. The average Bonchev–Trinajstić information content (AvgIpc) is 3.33. The van der Waals surface area contributed by atoms with Gasteiger partial charge >= 0.3 is 0 Å². The van der Waals surface area contributed by atoms with E-state index in [1.807, 2.05) is 30.3 Å². The number of piperazine rings is 1. The molecule has 0 radical (unpaired) electrons. The fourth-order valence-corrected chi connectivity index (χ4v) is 3.17. The van der Waals surface area contributed by atoms with Crippen molar-refractivity contribution in [3.8, 4) is 0 Å².